The highest BCUT2D eigenvalue weighted by Crippen LogP contribution is 2.04. The molecule has 0 aromatic heterocycles. The van der Waals surface area contributed by atoms with Crippen LogP contribution < -0.4 is 0 Å². The van der Waals surface area contributed by atoms with E-state index in [1.807, 2.05) is 0 Å². The molecule has 4 heteroatoms. The van der Waals surface area contributed by atoms with Crippen LogP contribution >= 0.6 is 0 Å². The summed E-state index contributed by atoms with van der Waals surface area (Å²) in [4.78, 5) is 23.9. The minimum atomic E-state index is -0.445. The zero-order valence-electron chi connectivity index (χ0n) is 8.79. The van der Waals surface area contributed by atoms with Crippen LogP contribution in [-0.4, -0.2) is 30.6 Å². The maximum atomic E-state index is 11.5. The van der Waals surface area contributed by atoms with E-state index in [1.54, 1.807) is 0 Å². The Kier molecular flexibility index (Phi) is 4.80. The van der Waals surface area contributed by atoms with Gasteiger partial charge in [0.05, 0.1) is 0 Å². The molecule has 0 aliphatic heterocycles. The number of imide groups is 1. The van der Waals surface area contributed by atoms with Crippen LogP contribution in [0.15, 0.2) is 24.3 Å². The summed E-state index contributed by atoms with van der Waals surface area (Å²) in [7, 11) is 1.41. The summed E-state index contributed by atoms with van der Waals surface area (Å²) in [5.74, 6) is -0.889. The Morgan fingerprint density at radius 3 is 1.71 bits per heavy atom. The second-order valence-electron chi connectivity index (χ2n) is 3.02. The zero-order chi connectivity index (χ0) is 11.3. The van der Waals surface area contributed by atoms with Crippen LogP contribution in [0.1, 0.15) is 13.8 Å². The summed E-state index contributed by atoms with van der Waals surface area (Å²) >= 11 is 0. The van der Waals surface area contributed by atoms with E-state index >= 15 is 0 Å². The number of methoxy groups -OCH3 is 1. The van der Waals surface area contributed by atoms with Gasteiger partial charge in [0.1, 0.15) is 6.73 Å². The molecule has 0 atom stereocenters. The Labute approximate surface area is 83.8 Å². The zero-order valence-corrected chi connectivity index (χ0v) is 8.79. The van der Waals surface area contributed by atoms with Crippen molar-refractivity contribution >= 4 is 11.8 Å². The molecule has 0 saturated heterocycles. The van der Waals surface area contributed by atoms with Gasteiger partial charge in [-0.2, -0.15) is 0 Å². The van der Waals surface area contributed by atoms with E-state index in [0.29, 0.717) is 0 Å². The first-order valence-corrected chi connectivity index (χ1v) is 4.08. The van der Waals surface area contributed by atoms with Crippen molar-refractivity contribution in [2.75, 3.05) is 13.8 Å². The molecule has 0 aromatic carbocycles. The lowest BCUT2D eigenvalue weighted by Crippen LogP contribution is -2.38. The van der Waals surface area contributed by atoms with Crippen molar-refractivity contribution in [3.8, 4) is 0 Å². The molecule has 0 fully saturated rings. The van der Waals surface area contributed by atoms with Gasteiger partial charge < -0.3 is 4.74 Å². The van der Waals surface area contributed by atoms with Crippen LogP contribution in [0.5, 0.6) is 0 Å². The van der Waals surface area contributed by atoms with E-state index in [2.05, 4.69) is 13.2 Å². The summed E-state index contributed by atoms with van der Waals surface area (Å²) < 4.78 is 4.75. The molecule has 4 nitrogen and oxygen atoms in total. The lowest BCUT2D eigenvalue weighted by atomic mass is 10.2. The number of amides is 2. The number of hydrogen-bond acceptors (Lipinski definition) is 3. The summed E-state index contributed by atoms with van der Waals surface area (Å²) in [6, 6.07) is 0. The normalized spacial score (nSPS) is 9.36. The van der Waals surface area contributed by atoms with Crippen molar-refractivity contribution in [3.63, 3.8) is 0 Å². The van der Waals surface area contributed by atoms with E-state index in [9.17, 15) is 9.59 Å². The lowest BCUT2D eigenvalue weighted by Gasteiger charge is -2.19. The minimum Gasteiger partial charge on any atom is -0.364 e. The molecule has 78 valence electrons. The number of ether oxygens (including phenoxy) is 1. The van der Waals surface area contributed by atoms with Crippen molar-refractivity contribution in [1.29, 1.82) is 0 Å². The van der Waals surface area contributed by atoms with Crippen LogP contribution in [0.25, 0.3) is 0 Å². The summed E-state index contributed by atoms with van der Waals surface area (Å²) in [6.45, 7) is 9.93. The molecule has 0 aromatic rings. The summed E-state index contributed by atoms with van der Waals surface area (Å²) in [5.41, 5.74) is 0.577. The van der Waals surface area contributed by atoms with Crippen molar-refractivity contribution in [1.82, 2.24) is 4.90 Å². The Bertz CT molecular complexity index is 255. The van der Waals surface area contributed by atoms with Crippen molar-refractivity contribution in [2.45, 2.75) is 13.8 Å². The molecule has 0 N–H and O–H groups in total. The molecule has 14 heavy (non-hydrogen) atoms. The van der Waals surface area contributed by atoms with Gasteiger partial charge in [-0.15, -0.1) is 0 Å². The van der Waals surface area contributed by atoms with E-state index in [1.165, 1.54) is 21.0 Å². The predicted octanol–water partition coefficient (Wildman–Crippen LogP) is 1.10. The highest BCUT2D eigenvalue weighted by atomic mass is 16.5. The molecule has 0 bridgehead atoms. The first-order chi connectivity index (χ1) is 6.41. The maximum Gasteiger partial charge on any atom is 0.257 e. The molecule has 0 saturated carbocycles. The van der Waals surface area contributed by atoms with E-state index < -0.39 is 11.8 Å². The lowest BCUT2D eigenvalue weighted by molar-refractivity contribution is -0.145. The summed E-state index contributed by atoms with van der Waals surface area (Å²) in [6.07, 6.45) is 0. The smallest absolute Gasteiger partial charge is 0.257 e. The Morgan fingerprint density at radius 2 is 1.50 bits per heavy atom. The van der Waals surface area contributed by atoms with Gasteiger partial charge in [-0.25, -0.2) is 0 Å². The van der Waals surface area contributed by atoms with Gasteiger partial charge in [0.2, 0.25) is 0 Å². The van der Waals surface area contributed by atoms with Crippen molar-refractivity contribution < 1.29 is 14.3 Å². The van der Waals surface area contributed by atoms with Crippen molar-refractivity contribution in [3.05, 3.63) is 24.3 Å². The van der Waals surface area contributed by atoms with Gasteiger partial charge in [-0.3, -0.25) is 14.5 Å². The molecule has 0 aliphatic carbocycles. The van der Waals surface area contributed by atoms with Gasteiger partial charge in [0, 0.05) is 18.3 Å². The fourth-order valence-corrected chi connectivity index (χ4v) is 0.799. The molecule has 0 unspecified atom stereocenters. The number of rotatable bonds is 4. The quantitative estimate of drug-likeness (QED) is 0.500. The first-order valence-electron chi connectivity index (χ1n) is 4.08. The fourth-order valence-electron chi connectivity index (χ4n) is 0.799. The third kappa shape index (κ3) is 3.14. The topological polar surface area (TPSA) is 46.6 Å². The van der Waals surface area contributed by atoms with E-state index in [0.717, 1.165) is 4.90 Å². The van der Waals surface area contributed by atoms with E-state index in [-0.39, 0.29) is 17.9 Å². The van der Waals surface area contributed by atoms with Crippen LogP contribution in [0.3, 0.4) is 0 Å². The average molecular weight is 197 g/mol. The van der Waals surface area contributed by atoms with Crippen LogP contribution in [0.2, 0.25) is 0 Å². The van der Waals surface area contributed by atoms with Gasteiger partial charge in [-0.1, -0.05) is 13.2 Å². The van der Waals surface area contributed by atoms with E-state index in [4.69, 9.17) is 4.74 Å². The number of hydrogen-bond donors (Lipinski definition) is 0. The van der Waals surface area contributed by atoms with Crippen LogP contribution in [-0.2, 0) is 14.3 Å². The molecule has 0 heterocycles. The highest BCUT2D eigenvalue weighted by molar-refractivity contribution is 6.08. The molecule has 0 spiro atoms. The standard InChI is InChI=1S/C10H15NO3/c1-7(2)9(12)11(6-14-5)10(13)8(3)4/h1,3,6H2,2,4-5H3. The third-order valence-electron chi connectivity index (χ3n) is 1.48. The highest BCUT2D eigenvalue weighted by Gasteiger charge is 2.21. The molecule has 0 rings (SSSR count). The number of carbonyl (C=O) groups is 2. The maximum absolute atomic E-state index is 11.5. The Balaban J connectivity index is 4.76. The van der Waals surface area contributed by atoms with Gasteiger partial charge in [-0.05, 0) is 13.8 Å². The number of nitrogens with zero attached hydrogens (tertiary/aromatic N) is 1. The third-order valence-corrected chi connectivity index (χ3v) is 1.48. The first kappa shape index (κ1) is 12.6. The monoisotopic (exact) mass is 197 g/mol. The number of carbonyl (C=O) groups excluding carboxylic acids is 2. The van der Waals surface area contributed by atoms with Crippen molar-refractivity contribution in [2.24, 2.45) is 0 Å². The largest absolute Gasteiger partial charge is 0.364 e. The SMILES string of the molecule is C=C(C)C(=O)N(COC)C(=O)C(=C)C. The minimum absolute atomic E-state index is 0.0859. The molecular formula is C10H15NO3. The van der Waals surface area contributed by atoms with Crippen LogP contribution in [0.4, 0.5) is 0 Å². The molecule has 0 radical (unpaired) electrons. The average Bonchev–Trinajstić information content (AvgIpc) is 2.11. The summed E-state index contributed by atoms with van der Waals surface area (Å²) in [5, 5.41) is 0. The molecular weight excluding hydrogens is 182 g/mol. The second kappa shape index (κ2) is 5.34. The van der Waals surface area contributed by atoms with Crippen LogP contribution in [0, 0.1) is 0 Å². The fraction of sp³-hybridized carbons (Fsp3) is 0.400. The Morgan fingerprint density at radius 1 is 1.14 bits per heavy atom. The molecule has 2 amide bonds. The van der Waals surface area contributed by atoms with Gasteiger partial charge >= 0.3 is 0 Å². The predicted molar refractivity (Wildman–Crippen MR) is 53.4 cm³/mol. The van der Waals surface area contributed by atoms with Gasteiger partial charge in [0.25, 0.3) is 11.8 Å². The molecule has 0 aliphatic rings. The van der Waals surface area contributed by atoms with Gasteiger partial charge in [0.15, 0.2) is 0 Å². The second-order valence-corrected chi connectivity index (χ2v) is 3.02. The Hall–Kier alpha value is -1.42.